The first-order valence-electron chi connectivity index (χ1n) is 12.1. The number of carbonyl (C=O) groups is 2. The lowest BCUT2D eigenvalue weighted by Crippen LogP contribution is -2.43. The van der Waals surface area contributed by atoms with Gasteiger partial charge in [0.2, 0.25) is 0 Å². The van der Waals surface area contributed by atoms with Crippen LogP contribution in [0.15, 0.2) is 30.3 Å². The summed E-state index contributed by atoms with van der Waals surface area (Å²) >= 11 is 0. The van der Waals surface area contributed by atoms with Crippen LogP contribution in [0.2, 0.25) is 0 Å². The molecule has 0 fully saturated rings. The Balaban J connectivity index is 2.22. The fourth-order valence-corrected chi connectivity index (χ4v) is 3.73. The molecular formula is C30H40O5. The molecule has 0 amide bonds. The molecule has 0 aliphatic heterocycles. The summed E-state index contributed by atoms with van der Waals surface area (Å²) in [6, 6.07) is 7.62. The van der Waals surface area contributed by atoms with Crippen molar-refractivity contribution in [2.45, 2.75) is 86.9 Å². The Kier molecular flexibility index (Phi) is 8.94. The van der Waals surface area contributed by atoms with Crippen LogP contribution in [-0.2, 0) is 9.53 Å². The van der Waals surface area contributed by atoms with E-state index in [9.17, 15) is 9.59 Å². The van der Waals surface area contributed by atoms with E-state index in [-0.39, 0.29) is 5.78 Å². The highest BCUT2D eigenvalue weighted by molar-refractivity contribution is 6.07. The molecule has 0 saturated carbocycles. The van der Waals surface area contributed by atoms with E-state index in [1.165, 1.54) is 0 Å². The number of benzene rings is 2. The first-order chi connectivity index (χ1) is 16.1. The zero-order valence-corrected chi connectivity index (χ0v) is 22.9. The lowest BCUT2D eigenvalue weighted by Gasteiger charge is -2.30. The van der Waals surface area contributed by atoms with Gasteiger partial charge in [-0.15, -0.1) is 0 Å². The van der Waals surface area contributed by atoms with Crippen LogP contribution in [0, 0.1) is 27.7 Å². The summed E-state index contributed by atoms with van der Waals surface area (Å²) in [5, 5.41) is 0. The minimum atomic E-state index is -1.14. The highest BCUT2D eigenvalue weighted by Gasteiger charge is 2.35. The summed E-state index contributed by atoms with van der Waals surface area (Å²) in [6.45, 7) is 19.4. The third-order valence-corrected chi connectivity index (χ3v) is 5.35. The molecular weight excluding hydrogens is 440 g/mol. The monoisotopic (exact) mass is 480 g/mol. The molecule has 2 aromatic rings. The third kappa shape index (κ3) is 7.71. The summed E-state index contributed by atoms with van der Waals surface area (Å²) in [7, 11) is 0. The van der Waals surface area contributed by atoms with Crippen LogP contribution < -0.4 is 9.47 Å². The molecule has 0 aliphatic carbocycles. The summed E-state index contributed by atoms with van der Waals surface area (Å²) < 4.78 is 17.4. The quantitative estimate of drug-likeness (QED) is 0.217. The Morgan fingerprint density at radius 3 is 1.83 bits per heavy atom. The number of hydrogen-bond donors (Lipinski definition) is 0. The molecule has 190 valence electrons. The topological polar surface area (TPSA) is 61.8 Å². The zero-order valence-electron chi connectivity index (χ0n) is 22.9. The normalized spacial score (nSPS) is 12.1. The molecule has 5 nitrogen and oxygen atoms in total. The van der Waals surface area contributed by atoms with Crippen molar-refractivity contribution in [2.24, 2.45) is 0 Å². The number of hydrogen-bond acceptors (Lipinski definition) is 5. The van der Waals surface area contributed by atoms with Gasteiger partial charge in [0.15, 0.2) is 11.4 Å². The molecule has 0 atom stereocenters. The average molecular weight is 481 g/mol. The minimum Gasteiger partial charge on any atom is -0.493 e. The van der Waals surface area contributed by atoms with Crippen molar-refractivity contribution >= 4 is 17.8 Å². The molecule has 0 bridgehead atoms. The molecule has 0 heterocycles. The van der Waals surface area contributed by atoms with Gasteiger partial charge in [0.25, 0.3) is 0 Å². The summed E-state index contributed by atoms with van der Waals surface area (Å²) in [4.78, 5) is 25.5. The van der Waals surface area contributed by atoms with E-state index in [0.717, 1.165) is 40.0 Å². The second-order valence-electron chi connectivity index (χ2n) is 10.6. The van der Waals surface area contributed by atoms with Crippen molar-refractivity contribution in [3.05, 3.63) is 63.7 Å². The van der Waals surface area contributed by atoms with Crippen LogP contribution >= 0.6 is 0 Å². The number of ketones is 1. The Morgan fingerprint density at radius 1 is 0.829 bits per heavy atom. The van der Waals surface area contributed by atoms with Gasteiger partial charge in [-0.25, -0.2) is 4.79 Å². The SMILES string of the molecule is CCCOc1c(C)cc(C(=O)/C=C/c2cc(C)c(OC(C)(C)C(=O)OC(C)(C)C)c(C)c2)cc1C. The van der Waals surface area contributed by atoms with E-state index in [1.54, 1.807) is 26.0 Å². The fourth-order valence-electron chi connectivity index (χ4n) is 3.73. The van der Waals surface area contributed by atoms with E-state index in [1.807, 2.05) is 72.7 Å². The molecule has 0 radical (unpaired) electrons. The van der Waals surface area contributed by atoms with Crippen LogP contribution in [-0.4, -0.2) is 29.6 Å². The van der Waals surface area contributed by atoms with Crippen LogP contribution in [0.1, 0.15) is 86.1 Å². The number of carbonyl (C=O) groups excluding carboxylic acids is 2. The predicted octanol–water partition coefficient (Wildman–Crippen LogP) is 7.10. The van der Waals surface area contributed by atoms with Crippen molar-refractivity contribution in [1.82, 2.24) is 0 Å². The molecule has 0 saturated heterocycles. The van der Waals surface area contributed by atoms with Crippen LogP contribution in [0.4, 0.5) is 0 Å². The van der Waals surface area contributed by atoms with Crippen molar-refractivity contribution in [3.63, 3.8) is 0 Å². The van der Waals surface area contributed by atoms with Crippen molar-refractivity contribution in [2.75, 3.05) is 6.61 Å². The molecule has 5 heteroatoms. The first-order valence-corrected chi connectivity index (χ1v) is 12.1. The first kappa shape index (κ1) is 28.2. The smallest absolute Gasteiger partial charge is 0.350 e. The molecule has 2 rings (SSSR count). The Bertz CT molecular complexity index is 1070. The molecule has 0 spiro atoms. The number of aryl methyl sites for hydroxylation is 4. The van der Waals surface area contributed by atoms with Gasteiger partial charge in [0.05, 0.1) is 6.61 Å². The molecule has 0 aromatic heterocycles. The Labute approximate surface area is 210 Å². The average Bonchev–Trinajstić information content (AvgIpc) is 2.72. The number of esters is 1. The number of ether oxygens (including phenoxy) is 3. The van der Waals surface area contributed by atoms with Gasteiger partial charge in [0.1, 0.15) is 17.1 Å². The fraction of sp³-hybridized carbons (Fsp3) is 0.467. The van der Waals surface area contributed by atoms with Crippen molar-refractivity contribution < 1.29 is 23.8 Å². The second-order valence-corrected chi connectivity index (χ2v) is 10.6. The standard InChI is InChI=1S/C30H40O5/c1-11-14-33-26-21(4)17-24(18-22(26)5)25(31)13-12-23-15-19(2)27(20(3)16-23)34-30(9,10)28(32)35-29(6,7)8/h12-13,15-18H,11,14H2,1-10H3/b13-12+. The maximum absolute atomic E-state index is 12.9. The molecule has 2 aromatic carbocycles. The van der Waals surface area contributed by atoms with Gasteiger partial charge in [-0.2, -0.15) is 0 Å². The van der Waals surface area contributed by atoms with Crippen LogP contribution in [0.5, 0.6) is 11.5 Å². The molecule has 0 N–H and O–H groups in total. The Hall–Kier alpha value is -3.08. The highest BCUT2D eigenvalue weighted by Crippen LogP contribution is 2.30. The van der Waals surface area contributed by atoms with Crippen molar-refractivity contribution in [1.29, 1.82) is 0 Å². The van der Waals surface area contributed by atoms with E-state index < -0.39 is 17.2 Å². The number of rotatable bonds is 9. The Morgan fingerprint density at radius 2 is 1.34 bits per heavy atom. The lowest BCUT2D eigenvalue weighted by molar-refractivity contribution is -0.171. The number of allylic oxidation sites excluding steroid dienone is 1. The third-order valence-electron chi connectivity index (χ3n) is 5.35. The van der Waals surface area contributed by atoms with E-state index in [4.69, 9.17) is 14.2 Å². The van der Waals surface area contributed by atoms with Gasteiger partial charge >= 0.3 is 5.97 Å². The lowest BCUT2D eigenvalue weighted by atomic mass is 10.0. The summed E-state index contributed by atoms with van der Waals surface area (Å²) in [6.07, 6.45) is 4.32. The van der Waals surface area contributed by atoms with Gasteiger partial charge in [-0.1, -0.05) is 13.0 Å². The summed E-state index contributed by atoms with van der Waals surface area (Å²) in [5.74, 6) is 0.997. The molecule has 35 heavy (non-hydrogen) atoms. The maximum atomic E-state index is 12.9. The van der Waals surface area contributed by atoms with E-state index >= 15 is 0 Å². The molecule has 0 aliphatic rings. The van der Waals surface area contributed by atoms with E-state index in [0.29, 0.717) is 17.9 Å². The van der Waals surface area contributed by atoms with Gasteiger partial charge < -0.3 is 14.2 Å². The zero-order chi connectivity index (χ0) is 26.6. The second kappa shape index (κ2) is 11.1. The largest absolute Gasteiger partial charge is 0.493 e. The minimum absolute atomic E-state index is 0.0695. The van der Waals surface area contributed by atoms with Crippen LogP contribution in [0.3, 0.4) is 0 Å². The maximum Gasteiger partial charge on any atom is 0.350 e. The van der Waals surface area contributed by atoms with Gasteiger partial charge in [-0.05, 0) is 127 Å². The van der Waals surface area contributed by atoms with Gasteiger partial charge in [0, 0.05) is 5.56 Å². The predicted molar refractivity (Wildman–Crippen MR) is 142 cm³/mol. The van der Waals surface area contributed by atoms with Gasteiger partial charge in [-0.3, -0.25) is 4.79 Å². The van der Waals surface area contributed by atoms with E-state index in [2.05, 4.69) is 6.92 Å². The summed E-state index contributed by atoms with van der Waals surface area (Å²) in [5.41, 5.74) is 3.43. The van der Waals surface area contributed by atoms with Crippen LogP contribution in [0.25, 0.3) is 6.08 Å². The highest BCUT2D eigenvalue weighted by atomic mass is 16.6. The molecule has 0 unspecified atom stereocenters. The van der Waals surface area contributed by atoms with Crippen molar-refractivity contribution in [3.8, 4) is 11.5 Å².